The van der Waals surface area contributed by atoms with Crippen molar-refractivity contribution in [3.63, 3.8) is 0 Å². The van der Waals surface area contributed by atoms with E-state index in [1.807, 2.05) is 0 Å². The van der Waals surface area contributed by atoms with E-state index in [2.05, 4.69) is 68.6 Å². The first-order chi connectivity index (χ1) is 9.15. The molecule has 0 spiro atoms. The van der Waals surface area contributed by atoms with Gasteiger partial charge in [-0.05, 0) is 42.3 Å². The number of rotatable bonds is 1. The van der Waals surface area contributed by atoms with Crippen molar-refractivity contribution >= 4 is 30.5 Å². The lowest BCUT2D eigenvalue weighted by Crippen LogP contribution is -2.49. The lowest BCUT2D eigenvalue weighted by Gasteiger charge is -2.37. The van der Waals surface area contributed by atoms with Crippen LogP contribution in [-0.2, 0) is 0 Å². The second-order valence-corrected chi connectivity index (χ2v) is 7.64. The zero-order valence-electron chi connectivity index (χ0n) is 12.1. The van der Waals surface area contributed by atoms with Gasteiger partial charge < -0.3 is 4.90 Å². The highest BCUT2D eigenvalue weighted by Crippen LogP contribution is 2.32. The molecule has 2 heteroatoms. The Labute approximate surface area is 117 Å². The summed E-state index contributed by atoms with van der Waals surface area (Å²) in [5.74, 6) is 0. The first kappa shape index (κ1) is 12.5. The molecule has 2 aromatic rings. The van der Waals surface area contributed by atoms with Gasteiger partial charge in [-0.15, -0.1) is 0 Å². The molecule has 0 aliphatic carbocycles. The highest BCUT2D eigenvalue weighted by Gasteiger charge is 2.29. The van der Waals surface area contributed by atoms with Crippen molar-refractivity contribution in [1.29, 1.82) is 0 Å². The third kappa shape index (κ3) is 1.74. The van der Waals surface area contributed by atoms with Gasteiger partial charge in [0.25, 0.3) is 0 Å². The number of hydrogen-bond acceptors (Lipinski definition) is 1. The second-order valence-electron chi connectivity index (χ2n) is 5.31. The van der Waals surface area contributed by atoms with Crippen LogP contribution in [0.3, 0.4) is 0 Å². The fourth-order valence-electron chi connectivity index (χ4n) is 3.21. The summed E-state index contributed by atoms with van der Waals surface area (Å²) in [6.07, 6.45) is 0. The Hall–Kier alpha value is -1.54. The molecule has 2 aromatic carbocycles. The second kappa shape index (κ2) is 4.53. The van der Waals surface area contributed by atoms with Crippen LogP contribution < -0.4 is 15.3 Å². The number of nitrogens with zero attached hydrogens (tertiary/aromatic N) is 1. The van der Waals surface area contributed by atoms with E-state index in [0.717, 1.165) is 6.54 Å². The summed E-state index contributed by atoms with van der Waals surface area (Å²) in [6, 6.07) is 13.5. The minimum absolute atomic E-state index is 0.635. The van der Waals surface area contributed by atoms with Crippen LogP contribution in [0, 0.1) is 13.8 Å². The molecule has 0 fully saturated rings. The number of hydrogen-bond donors (Lipinski definition) is 0. The van der Waals surface area contributed by atoms with Crippen molar-refractivity contribution in [1.82, 2.24) is 0 Å². The summed E-state index contributed by atoms with van der Waals surface area (Å²) in [5.41, 5.74) is 5.72. The van der Waals surface area contributed by atoms with Crippen LogP contribution in [0.4, 0.5) is 11.4 Å². The summed E-state index contributed by atoms with van der Waals surface area (Å²) in [5, 5.41) is 3.12. The predicted octanol–water partition coefficient (Wildman–Crippen LogP) is 3.01. The van der Waals surface area contributed by atoms with Crippen LogP contribution in [0.2, 0.25) is 6.55 Å². The number of para-hydroxylation sites is 2. The highest BCUT2D eigenvalue weighted by atomic mass is 28.3. The molecule has 97 valence electrons. The van der Waals surface area contributed by atoms with E-state index in [4.69, 9.17) is 0 Å². The fourth-order valence-corrected chi connectivity index (χ4v) is 5.57. The van der Waals surface area contributed by atoms with Gasteiger partial charge >= 0.3 is 0 Å². The van der Waals surface area contributed by atoms with Gasteiger partial charge in [-0.3, -0.25) is 0 Å². The summed E-state index contributed by atoms with van der Waals surface area (Å²) in [4.78, 5) is 2.51. The van der Waals surface area contributed by atoms with Crippen molar-refractivity contribution in [2.24, 2.45) is 0 Å². The largest absolute Gasteiger partial charge is 0.342 e. The molecule has 0 bridgehead atoms. The summed E-state index contributed by atoms with van der Waals surface area (Å²) in [7, 11) is -0.635. The van der Waals surface area contributed by atoms with E-state index >= 15 is 0 Å². The molecule has 1 nitrogen and oxygen atoms in total. The lowest BCUT2D eigenvalue weighted by atomic mass is 10.1. The first-order valence-corrected chi connectivity index (χ1v) is 8.96. The Morgan fingerprint density at radius 3 is 1.79 bits per heavy atom. The van der Waals surface area contributed by atoms with Gasteiger partial charge in [-0.2, -0.15) is 0 Å². The topological polar surface area (TPSA) is 3.24 Å². The Kier molecular flexibility index (Phi) is 2.98. The van der Waals surface area contributed by atoms with E-state index in [0.29, 0.717) is 0 Å². The molecular weight excluding hydrogens is 246 g/mol. The predicted molar refractivity (Wildman–Crippen MR) is 85.9 cm³/mol. The van der Waals surface area contributed by atoms with Crippen molar-refractivity contribution in [3.05, 3.63) is 47.5 Å². The fraction of sp³-hybridized carbons (Fsp3) is 0.294. The van der Waals surface area contributed by atoms with Crippen LogP contribution in [0.1, 0.15) is 18.1 Å². The Bertz CT molecular complexity index is 580. The van der Waals surface area contributed by atoms with Crippen LogP contribution in [0.15, 0.2) is 36.4 Å². The Balaban J connectivity index is 2.33. The summed E-state index contributed by atoms with van der Waals surface area (Å²) >= 11 is 0. The SMILES string of the molecule is CCN1c2c(C)cccc2[Si](C)c2cccc(C)c21. The minimum atomic E-state index is -0.635. The zero-order chi connectivity index (χ0) is 13.6. The third-order valence-corrected chi connectivity index (χ3v) is 6.56. The standard InChI is InChI=1S/C17H20NSi/c1-5-18-16-12(2)8-6-10-14(16)19(4)15-11-7-9-13(3)17(15)18/h6-11H,5H2,1-4H3. The molecule has 0 saturated carbocycles. The molecule has 0 N–H and O–H groups in total. The van der Waals surface area contributed by atoms with E-state index in [-0.39, 0.29) is 0 Å². The molecule has 0 saturated heterocycles. The summed E-state index contributed by atoms with van der Waals surface area (Å²) < 4.78 is 0. The van der Waals surface area contributed by atoms with Crippen molar-refractivity contribution in [2.75, 3.05) is 11.4 Å². The monoisotopic (exact) mass is 266 g/mol. The normalized spacial score (nSPS) is 14.2. The van der Waals surface area contributed by atoms with Crippen LogP contribution in [0.5, 0.6) is 0 Å². The van der Waals surface area contributed by atoms with Crippen LogP contribution >= 0.6 is 0 Å². The van der Waals surface area contributed by atoms with Gasteiger partial charge in [0, 0.05) is 17.9 Å². The van der Waals surface area contributed by atoms with Gasteiger partial charge in [0.15, 0.2) is 0 Å². The molecule has 1 radical (unpaired) electrons. The molecule has 0 unspecified atom stereocenters. The molecule has 0 amide bonds. The van der Waals surface area contributed by atoms with Crippen molar-refractivity contribution in [2.45, 2.75) is 27.3 Å². The van der Waals surface area contributed by atoms with Crippen LogP contribution in [0.25, 0.3) is 0 Å². The van der Waals surface area contributed by atoms with E-state index < -0.39 is 8.80 Å². The molecule has 1 aliphatic rings. The van der Waals surface area contributed by atoms with E-state index in [9.17, 15) is 0 Å². The maximum atomic E-state index is 2.51. The Morgan fingerprint density at radius 1 is 0.895 bits per heavy atom. The van der Waals surface area contributed by atoms with E-state index in [1.165, 1.54) is 22.5 Å². The van der Waals surface area contributed by atoms with Crippen molar-refractivity contribution < 1.29 is 0 Å². The number of benzene rings is 2. The highest BCUT2D eigenvalue weighted by molar-refractivity contribution is 6.87. The molecule has 1 aliphatic heterocycles. The number of fused-ring (bicyclic) bond motifs is 2. The lowest BCUT2D eigenvalue weighted by molar-refractivity contribution is 1.01. The maximum absolute atomic E-state index is 2.51. The number of anilines is 2. The van der Waals surface area contributed by atoms with Gasteiger partial charge in [0.05, 0.1) is 0 Å². The smallest absolute Gasteiger partial charge is 0.123 e. The summed E-state index contributed by atoms with van der Waals surface area (Å²) in [6.45, 7) is 10.2. The minimum Gasteiger partial charge on any atom is -0.342 e. The molecule has 0 aromatic heterocycles. The maximum Gasteiger partial charge on any atom is 0.123 e. The van der Waals surface area contributed by atoms with Crippen molar-refractivity contribution in [3.8, 4) is 0 Å². The van der Waals surface area contributed by atoms with Gasteiger partial charge in [0.1, 0.15) is 8.80 Å². The third-order valence-electron chi connectivity index (χ3n) is 4.14. The van der Waals surface area contributed by atoms with Crippen LogP contribution in [-0.4, -0.2) is 15.3 Å². The average molecular weight is 266 g/mol. The zero-order valence-corrected chi connectivity index (χ0v) is 13.1. The first-order valence-electron chi connectivity index (χ1n) is 6.96. The average Bonchev–Trinajstić information content (AvgIpc) is 2.41. The molecule has 1 heterocycles. The molecule has 3 rings (SSSR count). The van der Waals surface area contributed by atoms with Gasteiger partial charge in [-0.1, -0.05) is 42.9 Å². The molecule has 0 atom stereocenters. The van der Waals surface area contributed by atoms with E-state index in [1.54, 1.807) is 10.4 Å². The van der Waals surface area contributed by atoms with Gasteiger partial charge in [0.2, 0.25) is 0 Å². The molecular formula is C17H20NSi. The van der Waals surface area contributed by atoms with Gasteiger partial charge in [-0.25, -0.2) is 0 Å². The molecule has 19 heavy (non-hydrogen) atoms. The Morgan fingerprint density at radius 2 is 1.37 bits per heavy atom. The quantitative estimate of drug-likeness (QED) is 0.717. The number of aryl methyl sites for hydroxylation is 2.